The van der Waals surface area contributed by atoms with Crippen LogP contribution in [0.1, 0.15) is 46.0 Å². The first kappa shape index (κ1) is 17.0. The van der Waals surface area contributed by atoms with E-state index >= 15 is 0 Å². The largest absolute Gasteiger partial charge is 0.378 e. The summed E-state index contributed by atoms with van der Waals surface area (Å²) in [5, 5.41) is 0. The summed E-state index contributed by atoms with van der Waals surface area (Å²) in [5.41, 5.74) is 0. The average Bonchev–Trinajstić information content (AvgIpc) is 3.22. The Hall–Kier alpha value is -1.07. The Balaban J connectivity index is 1.98. The van der Waals surface area contributed by atoms with Crippen LogP contribution in [-0.2, 0) is 23.9 Å². The van der Waals surface area contributed by atoms with Crippen LogP contribution >= 0.6 is 0 Å². The normalized spacial score (nSPS) is 17.2. The molecule has 0 saturated carbocycles. The molecule has 0 aliphatic carbocycles. The first-order valence-corrected chi connectivity index (χ1v) is 7.24. The lowest BCUT2D eigenvalue weighted by Gasteiger charge is -2.04. The van der Waals surface area contributed by atoms with Gasteiger partial charge in [-0.2, -0.15) is 0 Å². The van der Waals surface area contributed by atoms with Crippen molar-refractivity contribution in [2.45, 2.75) is 52.1 Å². The van der Waals surface area contributed by atoms with E-state index in [1.54, 1.807) is 0 Å². The van der Waals surface area contributed by atoms with Crippen molar-refractivity contribution in [2.75, 3.05) is 19.8 Å². The van der Waals surface area contributed by atoms with E-state index in [1.807, 2.05) is 13.8 Å². The van der Waals surface area contributed by atoms with E-state index in [9.17, 15) is 14.4 Å². The van der Waals surface area contributed by atoms with Crippen LogP contribution in [0.3, 0.4) is 0 Å². The molecule has 5 heteroatoms. The predicted octanol–water partition coefficient (Wildman–Crippen LogP) is 1.72. The summed E-state index contributed by atoms with van der Waals surface area (Å²) in [7, 11) is 0. The molecule has 1 fully saturated rings. The van der Waals surface area contributed by atoms with Gasteiger partial charge in [-0.05, 0) is 0 Å². The summed E-state index contributed by atoms with van der Waals surface area (Å²) < 4.78 is 10.2. The number of Topliss-reactive ketones (excluding diaryl/α,β-unsaturated/α-hetero) is 3. The van der Waals surface area contributed by atoms with Gasteiger partial charge in [-0.25, -0.2) is 0 Å². The minimum atomic E-state index is -0.0305. The fourth-order valence-electron chi connectivity index (χ4n) is 1.65. The maximum Gasteiger partial charge on any atom is 0.135 e. The molecule has 1 aliphatic rings. The van der Waals surface area contributed by atoms with Gasteiger partial charge in [0.1, 0.15) is 23.5 Å². The quantitative estimate of drug-likeness (QED) is 0.403. The Labute approximate surface area is 120 Å². The molecule has 0 aromatic carbocycles. The van der Waals surface area contributed by atoms with Crippen molar-refractivity contribution < 1.29 is 23.9 Å². The number of hydrogen-bond donors (Lipinski definition) is 0. The van der Waals surface area contributed by atoms with E-state index in [1.165, 1.54) is 0 Å². The number of ether oxygens (including phenoxy) is 2. The third kappa shape index (κ3) is 8.17. The van der Waals surface area contributed by atoms with Crippen molar-refractivity contribution in [3.63, 3.8) is 0 Å². The minimum absolute atomic E-state index is 0.0142. The number of epoxide rings is 1. The van der Waals surface area contributed by atoms with Gasteiger partial charge in [0.2, 0.25) is 0 Å². The van der Waals surface area contributed by atoms with E-state index in [0.717, 1.165) is 6.61 Å². The van der Waals surface area contributed by atoms with Crippen LogP contribution in [0.15, 0.2) is 0 Å². The molecule has 0 spiro atoms. The second-order valence-electron chi connectivity index (χ2n) is 5.48. The Morgan fingerprint density at radius 3 is 2.15 bits per heavy atom. The van der Waals surface area contributed by atoms with Gasteiger partial charge in [0.25, 0.3) is 0 Å². The van der Waals surface area contributed by atoms with Gasteiger partial charge >= 0.3 is 0 Å². The lowest BCUT2D eigenvalue weighted by atomic mass is 10.0. The highest BCUT2D eigenvalue weighted by Crippen LogP contribution is 2.09. The van der Waals surface area contributed by atoms with Gasteiger partial charge in [0, 0.05) is 38.0 Å². The Morgan fingerprint density at radius 2 is 1.60 bits per heavy atom. The van der Waals surface area contributed by atoms with Crippen molar-refractivity contribution in [1.29, 1.82) is 0 Å². The molecule has 1 atom stereocenters. The van der Waals surface area contributed by atoms with Crippen LogP contribution in [-0.4, -0.2) is 43.3 Å². The monoisotopic (exact) mass is 284 g/mol. The molecular formula is C15H24O5. The topological polar surface area (TPSA) is 73.0 Å². The number of carbonyl (C=O) groups is 3. The first-order valence-electron chi connectivity index (χ1n) is 7.24. The second kappa shape index (κ2) is 8.97. The molecule has 0 radical (unpaired) electrons. The van der Waals surface area contributed by atoms with Crippen molar-refractivity contribution in [1.82, 2.24) is 0 Å². The van der Waals surface area contributed by atoms with Gasteiger partial charge in [0.15, 0.2) is 0 Å². The van der Waals surface area contributed by atoms with E-state index < -0.39 is 0 Å². The van der Waals surface area contributed by atoms with Crippen LogP contribution in [0.25, 0.3) is 0 Å². The SMILES string of the molecule is CC(C)C(=O)CCC(=O)CCC(=O)CCOCC1CO1. The zero-order valence-electron chi connectivity index (χ0n) is 12.4. The van der Waals surface area contributed by atoms with Crippen LogP contribution in [0.2, 0.25) is 0 Å². The second-order valence-corrected chi connectivity index (χ2v) is 5.48. The molecule has 0 aromatic heterocycles. The van der Waals surface area contributed by atoms with Gasteiger partial charge in [-0.15, -0.1) is 0 Å². The lowest BCUT2D eigenvalue weighted by Crippen LogP contribution is -2.12. The third-order valence-electron chi connectivity index (χ3n) is 3.21. The molecule has 1 aliphatic heterocycles. The predicted molar refractivity (Wildman–Crippen MR) is 73.5 cm³/mol. The number of carbonyl (C=O) groups excluding carboxylic acids is 3. The summed E-state index contributed by atoms with van der Waals surface area (Å²) >= 11 is 0. The van der Waals surface area contributed by atoms with Crippen molar-refractivity contribution in [3.8, 4) is 0 Å². The van der Waals surface area contributed by atoms with Crippen LogP contribution in [0.4, 0.5) is 0 Å². The molecule has 1 saturated heterocycles. The summed E-state index contributed by atoms with van der Waals surface area (Å²) in [5.74, 6) is 0.0855. The van der Waals surface area contributed by atoms with Crippen LogP contribution < -0.4 is 0 Å². The van der Waals surface area contributed by atoms with Gasteiger partial charge < -0.3 is 9.47 Å². The Kier molecular flexibility index (Phi) is 7.62. The van der Waals surface area contributed by atoms with E-state index in [-0.39, 0.29) is 55.1 Å². The number of hydrogen-bond acceptors (Lipinski definition) is 5. The molecule has 1 rings (SSSR count). The summed E-state index contributed by atoms with van der Waals surface area (Å²) in [6.07, 6.45) is 1.57. The van der Waals surface area contributed by atoms with Crippen LogP contribution in [0, 0.1) is 5.92 Å². The van der Waals surface area contributed by atoms with E-state index in [2.05, 4.69) is 0 Å². The van der Waals surface area contributed by atoms with Crippen molar-refractivity contribution >= 4 is 17.3 Å². The molecular weight excluding hydrogens is 260 g/mol. The Bertz CT molecular complexity index is 344. The fraction of sp³-hybridized carbons (Fsp3) is 0.800. The van der Waals surface area contributed by atoms with E-state index in [4.69, 9.17) is 9.47 Å². The number of ketones is 3. The summed E-state index contributed by atoms with van der Waals surface area (Å²) in [6, 6.07) is 0. The molecule has 114 valence electrons. The van der Waals surface area contributed by atoms with Gasteiger partial charge in [-0.1, -0.05) is 13.8 Å². The highest BCUT2D eigenvalue weighted by Gasteiger charge is 2.22. The third-order valence-corrected chi connectivity index (χ3v) is 3.21. The summed E-state index contributed by atoms with van der Waals surface area (Å²) in [4.78, 5) is 34.4. The van der Waals surface area contributed by atoms with Gasteiger partial charge in [0.05, 0.1) is 19.8 Å². The average molecular weight is 284 g/mol. The smallest absolute Gasteiger partial charge is 0.135 e. The van der Waals surface area contributed by atoms with E-state index in [0.29, 0.717) is 19.6 Å². The maximum absolute atomic E-state index is 11.5. The maximum atomic E-state index is 11.5. The molecule has 5 nitrogen and oxygen atoms in total. The first-order chi connectivity index (χ1) is 9.49. The standard InChI is InChI=1S/C15H24O5/c1-11(2)15(18)6-5-12(16)3-4-13(17)7-8-19-9-14-10-20-14/h11,14H,3-10H2,1-2H3. The molecule has 1 unspecified atom stereocenters. The Morgan fingerprint density at radius 1 is 1.05 bits per heavy atom. The lowest BCUT2D eigenvalue weighted by molar-refractivity contribution is -0.127. The minimum Gasteiger partial charge on any atom is -0.378 e. The highest BCUT2D eigenvalue weighted by atomic mass is 16.6. The zero-order valence-corrected chi connectivity index (χ0v) is 12.4. The van der Waals surface area contributed by atoms with Crippen molar-refractivity contribution in [2.24, 2.45) is 5.92 Å². The molecule has 1 heterocycles. The highest BCUT2D eigenvalue weighted by molar-refractivity contribution is 5.89. The molecule has 20 heavy (non-hydrogen) atoms. The fourth-order valence-corrected chi connectivity index (χ4v) is 1.65. The molecule has 0 aromatic rings. The molecule has 0 amide bonds. The van der Waals surface area contributed by atoms with Crippen LogP contribution in [0.5, 0.6) is 0 Å². The van der Waals surface area contributed by atoms with Crippen molar-refractivity contribution in [3.05, 3.63) is 0 Å². The zero-order chi connectivity index (χ0) is 15.0. The molecule has 0 N–H and O–H groups in total. The summed E-state index contributed by atoms with van der Waals surface area (Å²) in [6.45, 7) is 5.33. The molecule has 0 bridgehead atoms. The number of rotatable bonds is 12. The van der Waals surface area contributed by atoms with Gasteiger partial charge in [-0.3, -0.25) is 14.4 Å².